The van der Waals surface area contributed by atoms with Crippen LogP contribution in [0.1, 0.15) is 24.6 Å². The van der Waals surface area contributed by atoms with E-state index in [1.54, 1.807) is 13.3 Å². The normalized spacial score (nSPS) is 12.2. The molecule has 0 spiro atoms. The topological polar surface area (TPSA) is 61.0 Å². The largest absolute Gasteiger partial charge is 0.496 e. The maximum atomic E-state index is 5.98. The minimum atomic E-state index is 0.137. The van der Waals surface area contributed by atoms with Gasteiger partial charge in [-0.05, 0) is 37.1 Å². The maximum absolute atomic E-state index is 5.98. The van der Waals surface area contributed by atoms with Gasteiger partial charge in [0.15, 0.2) is 5.82 Å². The van der Waals surface area contributed by atoms with Crippen molar-refractivity contribution in [1.82, 2.24) is 9.97 Å². The first-order valence-electron chi connectivity index (χ1n) is 6.86. The summed E-state index contributed by atoms with van der Waals surface area (Å²) in [6, 6.07) is 8.07. The summed E-state index contributed by atoms with van der Waals surface area (Å²) in [6.45, 7) is 4.11. The van der Waals surface area contributed by atoms with Crippen molar-refractivity contribution in [2.24, 2.45) is 5.73 Å². The number of ether oxygens (including phenoxy) is 1. The van der Waals surface area contributed by atoms with Gasteiger partial charge in [-0.3, -0.25) is 0 Å². The van der Waals surface area contributed by atoms with Crippen LogP contribution in [-0.4, -0.2) is 23.1 Å². The molecule has 4 nitrogen and oxygen atoms in total. The molecule has 2 N–H and O–H groups in total. The highest BCUT2D eigenvalue weighted by atomic mass is 16.5. The summed E-state index contributed by atoms with van der Waals surface area (Å²) in [4.78, 5) is 8.95. The molecule has 106 valence electrons. The number of hydrogen-bond donors (Lipinski definition) is 1. The van der Waals surface area contributed by atoms with Crippen molar-refractivity contribution >= 4 is 0 Å². The molecular weight excluding hydrogens is 250 g/mol. The molecule has 0 fully saturated rings. The van der Waals surface area contributed by atoms with Crippen LogP contribution in [0.3, 0.4) is 0 Å². The second kappa shape index (κ2) is 6.48. The molecule has 20 heavy (non-hydrogen) atoms. The van der Waals surface area contributed by atoms with Gasteiger partial charge in [-0.2, -0.15) is 0 Å². The van der Waals surface area contributed by atoms with Gasteiger partial charge in [-0.25, -0.2) is 9.97 Å². The summed E-state index contributed by atoms with van der Waals surface area (Å²) >= 11 is 0. The van der Waals surface area contributed by atoms with E-state index in [4.69, 9.17) is 10.5 Å². The first-order chi connectivity index (χ1) is 9.63. The zero-order valence-electron chi connectivity index (χ0n) is 12.3. The molecule has 4 heteroatoms. The summed E-state index contributed by atoms with van der Waals surface area (Å²) in [5, 5.41) is 0. The van der Waals surface area contributed by atoms with Crippen molar-refractivity contribution < 1.29 is 4.74 Å². The van der Waals surface area contributed by atoms with E-state index in [2.05, 4.69) is 16.9 Å². The maximum Gasteiger partial charge on any atom is 0.163 e. The Morgan fingerprint density at radius 2 is 2.10 bits per heavy atom. The van der Waals surface area contributed by atoms with E-state index >= 15 is 0 Å². The number of nitrogens with zero attached hydrogens (tertiary/aromatic N) is 2. The summed E-state index contributed by atoms with van der Waals surface area (Å²) in [7, 11) is 1.66. The van der Waals surface area contributed by atoms with Crippen LogP contribution in [0.4, 0.5) is 0 Å². The summed E-state index contributed by atoms with van der Waals surface area (Å²) in [6.07, 6.45) is 3.48. The van der Waals surface area contributed by atoms with Crippen LogP contribution in [0.25, 0.3) is 11.4 Å². The van der Waals surface area contributed by atoms with Gasteiger partial charge in [0.05, 0.1) is 12.7 Å². The van der Waals surface area contributed by atoms with Gasteiger partial charge in [0.2, 0.25) is 0 Å². The van der Waals surface area contributed by atoms with E-state index in [1.165, 1.54) is 0 Å². The zero-order valence-corrected chi connectivity index (χ0v) is 12.3. The number of methoxy groups -OCH3 is 1. The Bertz CT molecular complexity index is 584. The van der Waals surface area contributed by atoms with Gasteiger partial charge >= 0.3 is 0 Å². The van der Waals surface area contributed by atoms with Gasteiger partial charge in [-0.15, -0.1) is 0 Å². The third kappa shape index (κ3) is 3.33. The molecular formula is C16H21N3O. The number of nitrogens with two attached hydrogens (primary N) is 1. The van der Waals surface area contributed by atoms with Gasteiger partial charge in [-0.1, -0.05) is 13.0 Å². The number of hydrogen-bond acceptors (Lipinski definition) is 4. The van der Waals surface area contributed by atoms with E-state index in [9.17, 15) is 0 Å². The van der Waals surface area contributed by atoms with E-state index in [0.29, 0.717) is 5.82 Å². The lowest BCUT2D eigenvalue weighted by molar-refractivity contribution is 0.416. The second-order valence-corrected chi connectivity index (χ2v) is 4.95. The summed E-state index contributed by atoms with van der Waals surface area (Å²) < 4.78 is 5.42. The van der Waals surface area contributed by atoms with Crippen LogP contribution in [0.15, 0.2) is 30.5 Å². The molecule has 0 amide bonds. The van der Waals surface area contributed by atoms with Crippen LogP contribution in [0, 0.1) is 6.92 Å². The highest BCUT2D eigenvalue weighted by Crippen LogP contribution is 2.28. The van der Waals surface area contributed by atoms with E-state index in [0.717, 1.165) is 35.4 Å². The molecule has 1 heterocycles. The molecule has 2 aromatic rings. The van der Waals surface area contributed by atoms with Crippen molar-refractivity contribution in [2.45, 2.75) is 32.7 Å². The summed E-state index contributed by atoms with van der Waals surface area (Å²) in [5.41, 5.74) is 9.00. The number of aromatic nitrogens is 2. The monoisotopic (exact) mass is 271 g/mol. The third-order valence-corrected chi connectivity index (χ3v) is 3.31. The first-order valence-corrected chi connectivity index (χ1v) is 6.86. The molecule has 0 radical (unpaired) electrons. The molecule has 0 aliphatic heterocycles. The Balaban J connectivity index is 2.35. The Kier molecular flexibility index (Phi) is 4.69. The molecule has 0 saturated heterocycles. The van der Waals surface area contributed by atoms with Crippen LogP contribution < -0.4 is 10.5 Å². The Morgan fingerprint density at radius 3 is 2.80 bits per heavy atom. The molecule has 1 unspecified atom stereocenters. The quantitative estimate of drug-likeness (QED) is 0.908. The highest BCUT2D eigenvalue weighted by Gasteiger charge is 2.10. The summed E-state index contributed by atoms with van der Waals surface area (Å²) in [5.74, 6) is 1.48. The van der Waals surface area contributed by atoms with Crippen molar-refractivity contribution in [3.63, 3.8) is 0 Å². The van der Waals surface area contributed by atoms with Gasteiger partial charge in [0.1, 0.15) is 5.75 Å². The lowest BCUT2D eigenvalue weighted by Crippen LogP contribution is -2.22. The highest BCUT2D eigenvalue weighted by molar-refractivity contribution is 5.64. The van der Waals surface area contributed by atoms with Crippen LogP contribution in [-0.2, 0) is 6.42 Å². The average Bonchev–Trinajstić information content (AvgIpc) is 2.47. The standard InChI is InChI=1S/C16H21N3O/c1-4-12(17)10-13-7-8-18-16(19-13)14-6-5-11(2)9-15(14)20-3/h5-9,12H,4,10,17H2,1-3H3. The van der Waals surface area contributed by atoms with Crippen molar-refractivity contribution in [2.75, 3.05) is 7.11 Å². The van der Waals surface area contributed by atoms with Crippen LogP contribution >= 0.6 is 0 Å². The fourth-order valence-corrected chi connectivity index (χ4v) is 2.04. The first kappa shape index (κ1) is 14.5. The molecule has 0 saturated carbocycles. The lowest BCUT2D eigenvalue weighted by atomic mass is 10.1. The molecule has 2 rings (SSSR count). The molecule has 0 aliphatic rings. The molecule has 1 atom stereocenters. The molecule has 0 aliphatic carbocycles. The molecule has 0 bridgehead atoms. The minimum absolute atomic E-state index is 0.137. The molecule has 1 aromatic carbocycles. The molecule has 1 aromatic heterocycles. The fourth-order valence-electron chi connectivity index (χ4n) is 2.04. The van der Waals surface area contributed by atoms with Gasteiger partial charge in [0.25, 0.3) is 0 Å². The zero-order chi connectivity index (χ0) is 14.5. The smallest absolute Gasteiger partial charge is 0.163 e. The number of benzene rings is 1. The van der Waals surface area contributed by atoms with E-state index in [-0.39, 0.29) is 6.04 Å². The van der Waals surface area contributed by atoms with E-state index < -0.39 is 0 Å². The second-order valence-electron chi connectivity index (χ2n) is 4.95. The van der Waals surface area contributed by atoms with Gasteiger partial charge in [0, 0.05) is 24.4 Å². The van der Waals surface area contributed by atoms with Crippen molar-refractivity contribution in [3.05, 3.63) is 41.7 Å². The van der Waals surface area contributed by atoms with Crippen LogP contribution in [0.5, 0.6) is 5.75 Å². The SMILES string of the molecule is CCC(N)Cc1ccnc(-c2ccc(C)cc2OC)n1. The number of rotatable bonds is 5. The Morgan fingerprint density at radius 1 is 1.30 bits per heavy atom. The van der Waals surface area contributed by atoms with Crippen molar-refractivity contribution in [3.8, 4) is 17.1 Å². The average molecular weight is 271 g/mol. The predicted molar refractivity (Wildman–Crippen MR) is 80.7 cm³/mol. The Hall–Kier alpha value is -1.94. The fraction of sp³-hybridized carbons (Fsp3) is 0.375. The third-order valence-electron chi connectivity index (χ3n) is 3.31. The lowest BCUT2D eigenvalue weighted by Gasteiger charge is -2.11. The van der Waals surface area contributed by atoms with Crippen LogP contribution in [0.2, 0.25) is 0 Å². The predicted octanol–water partition coefficient (Wildman–Crippen LogP) is 2.74. The van der Waals surface area contributed by atoms with Crippen molar-refractivity contribution in [1.29, 1.82) is 0 Å². The Labute approximate surface area is 120 Å². The van der Waals surface area contributed by atoms with E-state index in [1.807, 2.05) is 31.2 Å². The minimum Gasteiger partial charge on any atom is -0.496 e. The van der Waals surface area contributed by atoms with Gasteiger partial charge < -0.3 is 10.5 Å². The number of aryl methyl sites for hydroxylation is 1.